The van der Waals surface area contributed by atoms with Crippen LogP contribution in [-0.4, -0.2) is 6.04 Å². The van der Waals surface area contributed by atoms with Gasteiger partial charge in [0.1, 0.15) is 5.82 Å². The molecule has 1 unspecified atom stereocenters. The Bertz CT molecular complexity index is 602. The van der Waals surface area contributed by atoms with Crippen LogP contribution in [0.15, 0.2) is 48.5 Å². The lowest BCUT2D eigenvalue weighted by Gasteiger charge is -2.38. The highest BCUT2D eigenvalue weighted by atomic mass is 19.1. The Balaban J connectivity index is 1.55. The lowest BCUT2D eigenvalue weighted by Crippen LogP contribution is -2.41. The number of benzene rings is 2. The van der Waals surface area contributed by atoms with Crippen molar-refractivity contribution in [1.29, 1.82) is 0 Å². The molecule has 0 aromatic heterocycles. The SMILES string of the molecule is Cc1ccc(C(C)NC2CC(c3ccccc3)C2)cc1F. The summed E-state index contributed by atoms with van der Waals surface area (Å²) < 4.78 is 13.6. The average molecular weight is 283 g/mol. The minimum Gasteiger partial charge on any atom is -0.307 e. The third kappa shape index (κ3) is 3.16. The van der Waals surface area contributed by atoms with Gasteiger partial charge in [0.25, 0.3) is 0 Å². The lowest BCUT2D eigenvalue weighted by molar-refractivity contribution is 0.270. The molecule has 110 valence electrons. The van der Waals surface area contributed by atoms with Crippen molar-refractivity contribution in [2.75, 3.05) is 0 Å². The summed E-state index contributed by atoms with van der Waals surface area (Å²) in [7, 11) is 0. The van der Waals surface area contributed by atoms with Gasteiger partial charge in [0, 0.05) is 12.1 Å². The summed E-state index contributed by atoms with van der Waals surface area (Å²) in [5.74, 6) is 0.558. The van der Waals surface area contributed by atoms with Crippen molar-refractivity contribution < 1.29 is 4.39 Å². The first-order valence-corrected chi connectivity index (χ1v) is 7.70. The van der Waals surface area contributed by atoms with Crippen LogP contribution in [0.5, 0.6) is 0 Å². The van der Waals surface area contributed by atoms with Gasteiger partial charge in [0.15, 0.2) is 0 Å². The van der Waals surface area contributed by atoms with Gasteiger partial charge in [0.05, 0.1) is 0 Å². The zero-order valence-electron chi connectivity index (χ0n) is 12.6. The van der Waals surface area contributed by atoms with Gasteiger partial charge < -0.3 is 5.32 Å². The molecule has 1 saturated carbocycles. The summed E-state index contributed by atoms with van der Waals surface area (Å²) in [6, 6.07) is 16.9. The second-order valence-electron chi connectivity index (χ2n) is 6.17. The molecule has 2 heteroatoms. The molecular weight excluding hydrogens is 261 g/mol. The number of halogens is 1. The maximum absolute atomic E-state index is 13.6. The molecule has 1 aliphatic carbocycles. The van der Waals surface area contributed by atoms with Crippen LogP contribution in [0.3, 0.4) is 0 Å². The van der Waals surface area contributed by atoms with Crippen molar-refractivity contribution in [1.82, 2.24) is 5.32 Å². The quantitative estimate of drug-likeness (QED) is 0.855. The smallest absolute Gasteiger partial charge is 0.126 e. The first-order valence-electron chi connectivity index (χ1n) is 7.70. The van der Waals surface area contributed by atoms with Crippen molar-refractivity contribution in [2.24, 2.45) is 0 Å². The average Bonchev–Trinajstić information content (AvgIpc) is 2.46. The van der Waals surface area contributed by atoms with E-state index in [1.54, 1.807) is 13.0 Å². The third-order valence-electron chi connectivity index (χ3n) is 4.59. The lowest BCUT2D eigenvalue weighted by atomic mass is 9.75. The molecule has 1 aliphatic rings. The largest absolute Gasteiger partial charge is 0.307 e. The molecule has 0 radical (unpaired) electrons. The molecule has 2 aromatic rings. The normalized spacial score (nSPS) is 22.6. The van der Waals surface area contributed by atoms with Crippen LogP contribution in [0, 0.1) is 12.7 Å². The highest BCUT2D eigenvalue weighted by Gasteiger charge is 2.30. The fourth-order valence-corrected chi connectivity index (χ4v) is 3.08. The van der Waals surface area contributed by atoms with Gasteiger partial charge in [-0.2, -0.15) is 0 Å². The Morgan fingerprint density at radius 1 is 1.10 bits per heavy atom. The van der Waals surface area contributed by atoms with Crippen LogP contribution in [0.2, 0.25) is 0 Å². The van der Waals surface area contributed by atoms with Crippen LogP contribution in [0.4, 0.5) is 4.39 Å². The molecule has 0 aliphatic heterocycles. The summed E-state index contributed by atoms with van der Waals surface area (Å²) in [5, 5.41) is 3.61. The molecule has 1 N–H and O–H groups in total. The third-order valence-corrected chi connectivity index (χ3v) is 4.59. The van der Waals surface area contributed by atoms with Crippen LogP contribution in [0.25, 0.3) is 0 Å². The molecule has 0 heterocycles. The maximum Gasteiger partial charge on any atom is 0.126 e. The standard InChI is InChI=1S/C19H22FN/c1-13-8-9-16(12-19(13)20)14(2)21-18-10-17(11-18)15-6-4-3-5-7-15/h3-9,12,14,17-18,21H,10-11H2,1-2H3. The predicted octanol–water partition coefficient (Wildman–Crippen LogP) is 4.73. The first-order chi connectivity index (χ1) is 10.1. The van der Waals surface area contributed by atoms with E-state index in [-0.39, 0.29) is 11.9 Å². The fraction of sp³-hybridized carbons (Fsp3) is 0.368. The zero-order valence-corrected chi connectivity index (χ0v) is 12.6. The molecule has 1 fully saturated rings. The summed E-state index contributed by atoms with van der Waals surface area (Å²) in [6.07, 6.45) is 2.34. The number of nitrogens with one attached hydrogen (secondary N) is 1. The van der Waals surface area contributed by atoms with E-state index in [0.29, 0.717) is 17.5 Å². The predicted molar refractivity (Wildman–Crippen MR) is 84.9 cm³/mol. The zero-order chi connectivity index (χ0) is 14.8. The van der Waals surface area contributed by atoms with Crippen LogP contribution in [0.1, 0.15) is 48.4 Å². The molecular formula is C19H22FN. The van der Waals surface area contributed by atoms with Gasteiger partial charge in [-0.25, -0.2) is 4.39 Å². The van der Waals surface area contributed by atoms with Crippen LogP contribution < -0.4 is 5.32 Å². The minimum atomic E-state index is -0.114. The van der Waals surface area contributed by atoms with E-state index in [9.17, 15) is 4.39 Å². The Kier molecular flexibility index (Phi) is 4.07. The second-order valence-corrected chi connectivity index (χ2v) is 6.17. The van der Waals surface area contributed by atoms with E-state index in [4.69, 9.17) is 0 Å². The van der Waals surface area contributed by atoms with E-state index in [2.05, 4.69) is 42.6 Å². The van der Waals surface area contributed by atoms with E-state index < -0.39 is 0 Å². The van der Waals surface area contributed by atoms with Crippen LogP contribution >= 0.6 is 0 Å². The van der Waals surface area contributed by atoms with Gasteiger partial charge in [-0.05, 0) is 55.4 Å². The summed E-state index contributed by atoms with van der Waals surface area (Å²) in [4.78, 5) is 0. The molecule has 0 bridgehead atoms. The molecule has 0 saturated heterocycles. The highest BCUT2D eigenvalue weighted by molar-refractivity contribution is 5.26. The van der Waals surface area contributed by atoms with Gasteiger partial charge in [-0.15, -0.1) is 0 Å². The molecule has 3 rings (SSSR count). The van der Waals surface area contributed by atoms with Crippen LogP contribution in [-0.2, 0) is 0 Å². The van der Waals surface area contributed by atoms with E-state index >= 15 is 0 Å². The molecule has 2 aromatic carbocycles. The number of hydrogen-bond donors (Lipinski definition) is 1. The van der Waals surface area contributed by atoms with Crippen molar-refractivity contribution in [3.63, 3.8) is 0 Å². The molecule has 1 atom stereocenters. The maximum atomic E-state index is 13.6. The Hall–Kier alpha value is -1.67. The van der Waals surface area contributed by atoms with Gasteiger partial charge >= 0.3 is 0 Å². The molecule has 0 spiro atoms. The Morgan fingerprint density at radius 2 is 1.81 bits per heavy atom. The van der Waals surface area contributed by atoms with Gasteiger partial charge in [-0.3, -0.25) is 0 Å². The Morgan fingerprint density at radius 3 is 2.48 bits per heavy atom. The van der Waals surface area contributed by atoms with Crippen molar-refractivity contribution in [2.45, 2.75) is 44.7 Å². The molecule has 0 amide bonds. The number of aryl methyl sites for hydroxylation is 1. The summed E-state index contributed by atoms with van der Waals surface area (Å²) in [5.41, 5.74) is 3.17. The number of rotatable bonds is 4. The topological polar surface area (TPSA) is 12.0 Å². The van der Waals surface area contributed by atoms with E-state index in [0.717, 1.165) is 5.56 Å². The van der Waals surface area contributed by atoms with Crippen molar-refractivity contribution >= 4 is 0 Å². The van der Waals surface area contributed by atoms with Gasteiger partial charge in [0.2, 0.25) is 0 Å². The first kappa shape index (κ1) is 14.3. The monoisotopic (exact) mass is 283 g/mol. The highest BCUT2D eigenvalue weighted by Crippen LogP contribution is 2.37. The van der Waals surface area contributed by atoms with Gasteiger partial charge in [-0.1, -0.05) is 42.5 Å². The van der Waals surface area contributed by atoms with E-state index in [1.165, 1.54) is 18.4 Å². The summed E-state index contributed by atoms with van der Waals surface area (Å²) >= 11 is 0. The van der Waals surface area contributed by atoms with E-state index in [1.807, 2.05) is 12.1 Å². The minimum absolute atomic E-state index is 0.114. The van der Waals surface area contributed by atoms with Crippen molar-refractivity contribution in [3.05, 3.63) is 71.0 Å². The second kappa shape index (κ2) is 5.98. The number of hydrogen-bond acceptors (Lipinski definition) is 1. The fourth-order valence-electron chi connectivity index (χ4n) is 3.08. The van der Waals surface area contributed by atoms with Crippen molar-refractivity contribution in [3.8, 4) is 0 Å². The Labute approximate surface area is 126 Å². The molecule has 1 nitrogen and oxygen atoms in total. The molecule has 21 heavy (non-hydrogen) atoms. The summed E-state index contributed by atoms with van der Waals surface area (Å²) in [6.45, 7) is 3.91.